The third kappa shape index (κ3) is 6.60. The lowest BCUT2D eigenvalue weighted by Crippen LogP contribution is -2.35. The summed E-state index contributed by atoms with van der Waals surface area (Å²) in [6.45, 7) is 5.79. The van der Waals surface area contributed by atoms with Crippen molar-refractivity contribution in [3.05, 3.63) is 54.1 Å². The summed E-state index contributed by atoms with van der Waals surface area (Å²) in [6.07, 6.45) is 1.90. The van der Waals surface area contributed by atoms with Gasteiger partial charge in [0.05, 0.1) is 4.90 Å². The van der Waals surface area contributed by atoms with E-state index in [0.717, 1.165) is 18.4 Å². The Kier molecular flexibility index (Phi) is 7.24. The fraction of sp³-hybridized carbons (Fsp3) is 0.350. The molecule has 1 atom stereocenters. The second-order valence-corrected chi connectivity index (χ2v) is 8.17. The van der Waals surface area contributed by atoms with Crippen molar-refractivity contribution in [2.75, 3.05) is 11.3 Å². The summed E-state index contributed by atoms with van der Waals surface area (Å²) in [5.41, 5.74) is 1.47. The predicted octanol–water partition coefficient (Wildman–Crippen LogP) is 3.48. The van der Waals surface area contributed by atoms with Crippen LogP contribution in [0, 0.1) is 6.92 Å². The molecular formula is C20H26N2O4S. The van der Waals surface area contributed by atoms with Crippen LogP contribution in [0.4, 0.5) is 5.69 Å². The molecule has 27 heavy (non-hydrogen) atoms. The van der Waals surface area contributed by atoms with E-state index in [-0.39, 0.29) is 23.5 Å². The van der Waals surface area contributed by atoms with Crippen LogP contribution in [0.2, 0.25) is 0 Å². The first-order valence-corrected chi connectivity index (χ1v) is 10.4. The highest BCUT2D eigenvalue weighted by Gasteiger charge is 2.14. The highest BCUT2D eigenvalue weighted by atomic mass is 32.2. The first kappa shape index (κ1) is 20.8. The van der Waals surface area contributed by atoms with Gasteiger partial charge < -0.3 is 10.1 Å². The molecule has 0 unspecified atom stereocenters. The molecule has 0 radical (unpaired) electrons. The van der Waals surface area contributed by atoms with Crippen molar-refractivity contribution in [2.45, 2.75) is 44.6 Å². The monoisotopic (exact) mass is 390 g/mol. The molecular weight excluding hydrogens is 364 g/mol. The summed E-state index contributed by atoms with van der Waals surface area (Å²) in [4.78, 5) is 11.9. The minimum Gasteiger partial charge on any atom is -0.484 e. The number of carbonyl (C=O) groups is 1. The summed E-state index contributed by atoms with van der Waals surface area (Å²) in [7, 11) is -3.69. The molecule has 2 aromatic carbocycles. The average molecular weight is 391 g/mol. The number of rotatable bonds is 9. The zero-order chi connectivity index (χ0) is 19.9. The van der Waals surface area contributed by atoms with Crippen molar-refractivity contribution in [3.63, 3.8) is 0 Å². The molecule has 0 aromatic heterocycles. The van der Waals surface area contributed by atoms with E-state index in [4.69, 9.17) is 4.74 Å². The average Bonchev–Trinajstić information content (AvgIpc) is 2.60. The first-order valence-electron chi connectivity index (χ1n) is 8.92. The maximum atomic E-state index is 12.5. The molecule has 0 saturated heterocycles. The number of hydrogen-bond donors (Lipinski definition) is 2. The highest BCUT2D eigenvalue weighted by molar-refractivity contribution is 7.92. The summed E-state index contributed by atoms with van der Waals surface area (Å²) >= 11 is 0. The number of anilines is 1. The molecule has 0 bridgehead atoms. The lowest BCUT2D eigenvalue weighted by atomic mass is 10.2. The van der Waals surface area contributed by atoms with Gasteiger partial charge >= 0.3 is 0 Å². The molecule has 2 aromatic rings. The standard InChI is InChI=1S/C20H26N2O4S/c1-4-6-16(3)21-20(23)14-26-18-9-11-19(12-10-18)27(24,25)22-17-8-5-7-15(2)13-17/h5,7-13,16,22H,4,6,14H2,1-3H3,(H,21,23)/t16-/m0/s1. The summed E-state index contributed by atoms with van der Waals surface area (Å²) in [6, 6.07) is 13.2. The van der Waals surface area contributed by atoms with Crippen LogP contribution in [0.3, 0.4) is 0 Å². The van der Waals surface area contributed by atoms with Crippen molar-refractivity contribution in [2.24, 2.45) is 0 Å². The molecule has 7 heteroatoms. The number of carbonyl (C=O) groups excluding carboxylic acids is 1. The maximum absolute atomic E-state index is 12.5. The molecule has 0 aliphatic rings. The second kappa shape index (κ2) is 9.41. The number of nitrogens with one attached hydrogen (secondary N) is 2. The van der Waals surface area contributed by atoms with Gasteiger partial charge in [-0.1, -0.05) is 25.5 Å². The molecule has 0 spiro atoms. The molecule has 0 heterocycles. The molecule has 0 aliphatic heterocycles. The molecule has 146 valence electrons. The fourth-order valence-electron chi connectivity index (χ4n) is 2.61. The number of benzene rings is 2. The number of amides is 1. The topological polar surface area (TPSA) is 84.5 Å². The lowest BCUT2D eigenvalue weighted by Gasteiger charge is -2.13. The van der Waals surface area contributed by atoms with Gasteiger partial charge in [0.2, 0.25) is 0 Å². The summed E-state index contributed by atoms with van der Waals surface area (Å²) in [5.74, 6) is 0.233. The van der Waals surface area contributed by atoms with Crippen molar-refractivity contribution < 1.29 is 17.9 Å². The fourth-order valence-corrected chi connectivity index (χ4v) is 3.66. The Bertz CT molecular complexity index is 864. The number of aryl methyl sites for hydroxylation is 1. The Balaban J connectivity index is 1.95. The van der Waals surface area contributed by atoms with Crippen LogP contribution < -0.4 is 14.8 Å². The van der Waals surface area contributed by atoms with Crippen molar-refractivity contribution >= 4 is 21.6 Å². The second-order valence-electron chi connectivity index (χ2n) is 6.49. The van der Waals surface area contributed by atoms with Gasteiger partial charge in [-0.25, -0.2) is 8.42 Å². The zero-order valence-corrected chi connectivity index (χ0v) is 16.7. The Morgan fingerprint density at radius 3 is 2.48 bits per heavy atom. The molecule has 1 amide bonds. The third-order valence-electron chi connectivity index (χ3n) is 3.90. The van der Waals surface area contributed by atoms with Crippen molar-refractivity contribution in [1.29, 1.82) is 0 Å². The summed E-state index contributed by atoms with van der Waals surface area (Å²) < 4.78 is 32.9. The smallest absolute Gasteiger partial charge is 0.261 e. The van der Waals surface area contributed by atoms with Crippen LogP contribution >= 0.6 is 0 Å². The van der Waals surface area contributed by atoms with Gasteiger partial charge in [-0.15, -0.1) is 0 Å². The van der Waals surface area contributed by atoms with Crippen LogP contribution in [-0.4, -0.2) is 27.0 Å². The van der Waals surface area contributed by atoms with Crippen molar-refractivity contribution in [3.8, 4) is 5.75 Å². The van der Waals surface area contributed by atoms with Gasteiger partial charge in [-0.2, -0.15) is 0 Å². The van der Waals surface area contributed by atoms with E-state index in [0.29, 0.717) is 11.4 Å². The van der Waals surface area contributed by atoms with E-state index in [2.05, 4.69) is 17.0 Å². The van der Waals surface area contributed by atoms with Gasteiger partial charge in [0, 0.05) is 11.7 Å². The maximum Gasteiger partial charge on any atom is 0.261 e. The number of hydrogen-bond acceptors (Lipinski definition) is 4. The highest BCUT2D eigenvalue weighted by Crippen LogP contribution is 2.20. The van der Waals surface area contributed by atoms with Gasteiger partial charge in [0.1, 0.15) is 5.75 Å². The normalized spacial score (nSPS) is 12.3. The lowest BCUT2D eigenvalue weighted by molar-refractivity contribution is -0.123. The van der Waals surface area contributed by atoms with Crippen LogP contribution in [-0.2, 0) is 14.8 Å². The van der Waals surface area contributed by atoms with Crippen molar-refractivity contribution in [1.82, 2.24) is 5.32 Å². The molecule has 2 rings (SSSR count). The van der Waals surface area contributed by atoms with Crippen LogP contribution in [0.15, 0.2) is 53.4 Å². The third-order valence-corrected chi connectivity index (χ3v) is 5.30. The van der Waals surface area contributed by atoms with Gasteiger partial charge in [0.25, 0.3) is 15.9 Å². The Labute approximate surface area is 161 Å². The Morgan fingerprint density at radius 2 is 1.85 bits per heavy atom. The molecule has 0 fully saturated rings. The quantitative estimate of drug-likeness (QED) is 0.686. The zero-order valence-electron chi connectivity index (χ0n) is 15.9. The molecule has 2 N–H and O–H groups in total. The van der Waals surface area contributed by atoms with E-state index in [1.165, 1.54) is 24.3 Å². The minimum atomic E-state index is -3.69. The Hall–Kier alpha value is -2.54. The number of sulfonamides is 1. The first-order chi connectivity index (χ1) is 12.8. The van der Waals surface area contributed by atoms with Gasteiger partial charge in [0.15, 0.2) is 6.61 Å². The Morgan fingerprint density at radius 1 is 1.15 bits per heavy atom. The largest absolute Gasteiger partial charge is 0.484 e. The van der Waals surface area contributed by atoms with Crippen LogP contribution in [0.25, 0.3) is 0 Å². The molecule has 0 saturated carbocycles. The molecule has 6 nitrogen and oxygen atoms in total. The van der Waals surface area contributed by atoms with Crippen LogP contribution in [0.1, 0.15) is 32.3 Å². The van der Waals surface area contributed by atoms with E-state index < -0.39 is 10.0 Å². The van der Waals surface area contributed by atoms with E-state index >= 15 is 0 Å². The minimum absolute atomic E-state index is 0.103. The van der Waals surface area contributed by atoms with Crippen LogP contribution in [0.5, 0.6) is 5.75 Å². The van der Waals surface area contributed by atoms with Gasteiger partial charge in [-0.3, -0.25) is 9.52 Å². The SMILES string of the molecule is CCC[C@H](C)NC(=O)COc1ccc(S(=O)(=O)Nc2cccc(C)c2)cc1. The number of ether oxygens (including phenoxy) is 1. The molecule has 0 aliphatic carbocycles. The predicted molar refractivity (Wildman–Crippen MR) is 106 cm³/mol. The van der Waals surface area contributed by atoms with Gasteiger partial charge in [-0.05, 0) is 62.2 Å². The van der Waals surface area contributed by atoms with E-state index in [1.807, 2.05) is 19.9 Å². The van der Waals surface area contributed by atoms with E-state index in [1.54, 1.807) is 18.2 Å². The van der Waals surface area contributed by atoms with E-state index in [9.17, 15) is 13.2 Å². The summed E-state index contributed by atoms with van der Waals surface area (Å²) in [5, 5.41) is 2.85.